The van der Waals surface area contributed by atoms with Gasteiger partial charge >= 0.3 is 0 Å². The van der Waals surface area contributed by atoms with Crippen molar-refractivity contribution in [2.45, 2.75) is 40.7 Å². The summed E-state index contributed by atoms with van der Waals surface area (Å²) in [4.78, 5) is 12.3. The molecule has 20 heavy (non-hydrogen) atoms. The third-order valence-corrected chi connectivity index (χ3v) is 3.07. The average molecular weight is 278 g/mol. The third-order valence-electron chi connectivity index (χ3n) is 3.07. The largest absolute Gasteiger partial charge is 0.379 e. The van der Waals surface area contributed by atoms with Crippen molar-refractivity contribution >= 4 is 5.78 Å². The zero-order valence-electron chi connectivity index (χ0n) is 13.2. The Hall–Kier alpha value is -1.19. The standard InChI is InChI=1S/C17H26O3/c1-12(2)11-19-8-9-20-15(5)17(18)16-10-13(3)6-7-14(16)4/h6-7,10,12,15H,8-9,11H2,1-5H3. The Morgan fingerprint density at radius 3 is 2.50 bits per heavy atom. The monoisotopic (exact) mass is 278 g/mol. The molecule has 0 spiro atoms. The first kappa shape index (κ1) is 16.9. The number of carbonyl (C=O) groups is 1. The van der Waals surface area contributed by atoms with Crippen LogP contribution in [-0.4, -0.2) is 31.7 Å². The molecule has 0 aliphatic carbocycles. The lowest BCUT2D eigenvalue weighted by Crippen LogP contribution is -2.24. The summed E-state index contributed by atoms with van der Waals surface area (Å²) in [5, 5.41) is 0. The first-order valence-corrected chi connectivity index (χ1v) is 7.22. The molecule has 1 unspecified atom stereocenters. The van der Waals surface area contributed by atoms with E-state index >= 15 is 0 Å². The molecule has 1 aromatic carbocycles. The molecule has 0 aliphatic heterocycles. The number of Topliss-reactive ketones (excluding diaryl/α,β-unsaturated/α-hetero) is 1. The molecule has 0 amide bonds. The van der Waals surface area contributed by atoms with Crippen LogP contribution in [0.25, 0.3) is 0 Å². The second-order valence-corrected chi connectivity index (χ2v) is 5.66. The minimum atomic E-state index is -0.432. The molecule has 3 heteroatoms. The van der Waals surface area contributed by atoms with E-state index in [1.807, 2.05) is 32.0 Å². The fraction of sp³-hybridized carbons (Fsp3) is 0.588. The van der Waals surface area contributed by atoms with Gasteiger partial charge in [0.05, 0.1) is 13.2 Å². The van der Waals surface area contributed by atoms with Crippen LogP contribution in [-0.2, 0) is 9.47 Å². The highest BCUT2D eigenvalue weighted by Crippen LogP contribution is 2.14. The quantitative estimate of drug-likeness (QED) is 0.539. The Morgan fingerprint density at radius 2 is 1.85 bits per heavy atom. The SMILES string of the molecule is Cc1ccc(C)c(C(=O)C(C)OCCOCC(C)C)c1. The van der Waals surface area contributed by atoms with Crippen molar-refractivity contribution in [3.05, 3.63) is 34.9 Å². The molecule has 0 bridgehead atoms. The number of ketones is 1. The molecule has 0 N–H and O–H groups in total. The second kappa shape index (κ2) is 8.18. The van der Waals surface area contributed by atoms with Crippen molar-refractivity contribution in [1.82, 2.24) is 0 Å². The number of rotatable bonds is 8. The molecule has 3 nitrogen and oxygen atoms in total. The fourth-order valence-corrected chi connectivity index (χ4v) is 1.90. The molecule has 0 aromatic heterocycles. The molecular weight excluding hydrogens is 252 g/mol. The first-order valence-electron chi connectivity index (χ1n) is 7.22. The van der Waals surface area contributed by atoms with Crippen LogP contribution in [0, 0.1) is 19.8 Å². The normalized spacial score (nSPS) is 12.7. The lowest BCUT2D eigenvalue weighted by atomic mass is 9.99. The number of hydrogen-bond donors (Lipinski definition) is 0. The lowest BCUT2D eigenvalue weighted by molar-refractivity contribution is 0.00967. The molecular formula is C17H26O3. The lowest BCUT2D eigenvalue weighted by Gasteiger charge is -2.14. The molecule has 0 aliphatic rings. The van der Waals surface area contributed by atoms with Gasteiger partial charge in [0.15, 0.2) is 5.78 Å². The zero-order valence-corrected chi connectivity index (χ0v) is 13.2. The fourth-order valence-electron chi connectivity index (χ4n) is 1.90. The topological polar surface area (TPSA) is 35.5 Å². The Morgan fingerprint density at radius 1 is 1.15 bits per heavy atom. The van der Waals surface area contributed by atoms with Gasteiger partial charge < -0.3 is 9.47 Å². The zero-order chi connectivity index (χ0) is 15.1. The molecule has 1 aromatic rings. The van der Waals surface area contributed by atoms with Crippen molar-refractivity contribution in [1.29, 1.82) is 0 Å². The maximum absolute atomic E-state index is 12.3. The van der Waals surface area contributed by atoms with Crippen molar-refractivity contribution in [2.24, 2.45) is 5.92 Å². The van der Waals surface area contributed by atoms with Gasteiger partial charge in [0.25, 0.3) is 0 Å². The van der Waals surface area contributed by atoms with E-state index in [9.17, 15) is 4.79 Å². The summed E-state index contributed by atoms with van der Waals surface area (Å²) in [5.41, 5.74) is 2.83. The van der Waals surface area contributed by atoms with Crippen molar-refractivity contribution in [3.63, 3.8) is 0 Å². The van der Waals surface area contributed by atoms with Crippen LogP contribution in [0.15, 0.2) is 18.2 Å². The van der Waals surface area contributed by atoms with Gasteiger partial charge in [-0.2, -0.15) is 0 Å². The Labute approximate surface area is 122 Å². The van der Waals surface area contributed by atoms with E-state index in [0.29, 0.717) is 19.1 Å². The smallest absolute Gasteiger partial charge is 0.191 e. The van der Waals surface area contributed by atoms with Gasteiger partial charge in [-0.25, -0.2) is 0 Å². The molecule has 0 fully saturated rings. The number of carbonyl (C=O) groups excluding carboxylic acids is 1. The van der Waals surface area contributed by atoms with Crippen molar-refractivity contribution in [2.75, 3.05) is 19.8 Å². The first-order chi connectivity index (χ1) is 9.41. The highest BCUT2D eigenvalue weighted by molar-refractivity contribution is 6.00. The Balaban J connectivity index is 2.45. The summed E-state index contributed by atoms with van der Waals surface area (Å²) in [7, 11) is 0. The summed E-state index contributed by atoms with van der Waals surface area (Å²) < 4.78 is 11.0. The summed E-state index contributed by atoms with van der Waals surface area (Å²) in [6.07, 6.45) is -0.432. The molecule has 0 saturated carbocycles. The van der Waals surface area contributed by atoms with Crippen LogP contribution in [0.3, 0.4) is 0 Å². The predicted molar refractivity (Wildman–Crippen MR) is 81.3 cm³/mol. The van der Waals surface area contributed by atoms with Gasteiger partial charge in [-0.15, -0.1) is 0 Å². The van der Waals surface area contributed by atoms with Gasteiger partial charge in [0, 0.05) is 12.2 Å². The van der Waals surface area contributed by atoms with E-state index in [4.69, 9.17) is 9.47 Å². The maximum Gasteiger partial charge on any atom is 0.191 e. The van der Waals surface area contributed by atoms with Crippen molar-refractivity contribution < 1.29 is 14.3 Å². The van der Waals surface area contributed by atoms with Crippen LogP contribution in [0.4, 0.5) is 0 Å². The van der Waals surface area contributed by atoms with Crippen LogP contribution < -0.4 is 0 Å². The molecule has 1 atom stereocenters. The molecule has 0 radical (unpaired) electrons. The molecule has 1 rings (SSSR count). The Bertz CT molecular complexity index is 438. The average Bonchev–Trinajstić information content (AvgIpc) is 2.39. The van der Waals surface area contributed by atoms with Crippen molar-refractivity contribution in [3.8, 4) is 0 Å². The van der Waals surface area contributed by atoms with E-state index < -0.39 is 6.10 Å². The van der Waals surface area contributed by atoms with Crippen LogP contribution >= 0.6 is 0 Å². The molecule has 0 saturated heterocycles. The highest BCUT2D eigenvalue weighted by atomic mass is 16.5. The second-order valence-electron chi connectivity index (χ2n) is 5.66. The van der Waals surface area contributed by atoms with Gasteiger partial charge in [0.2, 0.25) is 0 Å². The number of aryl methyl sites for hydroxylation is 2. The van der Waals surface area contributed by atoms with Gasteiger partial charge in [-0.1, -0.05) is 31.5 Å². The Kier molecular flexibility index (Phi) is 6.89. The predicted octanol–water partition coefficient (Wildman–Crippen LogP) is 3.56. The van der Waals surface area contributed by atoms with Crippen LogP contribution in [0.1, 0.15) is 42.3 Å². The van der Waals surface area contributed by atoms with E-state index in [2.05, 4.69) is 13.8 Å². The van der Waals surface area contributed by atoms with Gasteiger partial charge in [-0.3, -0.25) is 4.79 Å². The van der Waals surface area contributed by atoms with E-state index in [-0.39, 0.29) is 5.78 Å². The minimum Gasteiger partial charge on any atom is -0.379 e. The minimum absolute atomic E-state index is 0.0371. The van der Waals surface area contributed by atoms with Gasteiger partial charge in [-0.05, 0) is 38.3 Å². The summed E-state index contributed by atoms with van der Waals surface area (Å²) >= 11 is 0. The number of ether oxygens (including phenoxy) is 2. The maximum atomic E-state index is 12.3. The van der Waals surface area contributed by atoms with E-state index in [1.165, 1.54) is 0 Å². The van der Waals surface area contributed by atoms with Crippen LogP contribution in [0.5, 0.6) is 0 Å². The summed E-state index contributed by atoms with van der Waals surface area (Å²) in [6.45, 7) is 11.6. The molecule has 112 valence electrons. The van der Waals surface area contributed by atoms with Gasteiger partial charge in [0.1, 0.15) is 6.10 Å². The van der Waals surface area contributed by atoms with Crippen LogP contribution in [0.2, 0.25) is 0 Å². The number of benzene rings is 1. The third kappa shape index (κ3) is 5.43. The number of hydrogen-bond acceptors (Lipinski definition) is 3. The molecule has 0 heterocycles. The summed E-state index contributed by atoms with van der Waals surface area (Å²) in [5.74, 6) is 0.555. The van der Waals surface area contributed by atoms with E-state index in [0.717, 1.165) is 23.3 Å². The summed E-state index contributed by atoms with van der Waals surface area (Å²) in [6, 6.07) is 5.91. The van der Waals surface area contributed by atoms with E-state index in [1.54, 1.807) is 6.92 Å². The highest BCUT2D eigenvalue weighted by Gasteiger charge is 2.17.